The summed E-state index contributed by atoms with van der Waals surface area (Å²) in [5.74, 6) is -0.205. The maximum Gasteiger partial charge on any atom is 0.317 e. The van der Waals surface area contributed by atoms with E-state index in [9.17, 15) is 9.59 Å². The fourth-order valence-electron chi connectivity index (χ4n) is 4.69. The number of allylic oxidation sites excluding steroid dienone is 3. The van der Waals surface area contributed by atoms with Gasteiger partial charge in [0.1, 0.15) is 0 Å². The Labute approximate surface area is 211 Å². The molecule has 3 atom stereocenters. The molecule has 3 aromatic carbocycles. The first-order valence-corrected chi connectivity index (χ1v) is 12.1. The minimum atomic E-state index is -1.07. The van der Waals surface area contributed by atoms with E-state index in [1.807, 2.05) is 97.1 Å². The largest absolute Gasteiger partial charge is 0.331 e. The second-order valence-corrected chi connectivity index (χ2v) is 8.88. The number of urea groups is 1. The van der Waals surface area contributed by atoms with Crippen LogP contribution in [0.2, 0.25) is 0 Å². The predicted octanol–water partition coefficient (Wildman–Crippen LogP) is 5.00. The lowest BCUT2D eigenvalue weighted by Gasteiger charge is -2.28. The van der Waals surface area contributed by atoms with E-state index in [4.69, 9.17) is 4.99 Å². The zero-order valence-corrected chi connectivity index (χ0v) is 20.0. The summed E-state index contributed by atoms with van der Waals surface area (Å²) in [5, 5.41) is 5.95. The van der Waals surface area contributed by atoms with Crippen molar-refractivity contribution in [3.63, 3.8) is 0 Å². The van der Waals surface area contributed by atoms with Gasteiger partial charge in [0.25, 0.3) is 5.91 Å². The smallest absolute Gasteiger partial charge is 0.317 e. The highest BCUT2D eigenvalue weighted by atomic mass is 16.2. The molecule has 0 saturated heterocycles. The summed E-state index contributed by atoms with van der Waals surface area (Å²) in [5.41, 5.74) is 4.13. The predicted molar refractivity (Wildman–Crippen MR) is 143 cm³/mol. The van der Waals surface area contributed by atoms with Crippen LogP contribution in [0.25, 0.3) is 0 Å². The minimum Gasteiger partial charge on any atom is -0.331 e. The van der Waals surface area contributed by atoms with Crippen LogP contribution >= 0.6 is 0 Å². The number of nitrogens with zero attached hydrogens (tertiary/aromatic N) is 2. The summed E-state index contributed by atoms with van der Waals surface area (Å²) < 4.78 is 0. The molecule has 0 spiro atoms. The van der Waals surface area contributed by atoms with E-state index < -0.39 is 12.2 Å². The van der Waals surface area contributed by atoms with Crippen molar-refractivity contribution < 1.29 is 9.59 Å². The number of benzene rings is 3. The van der Waals surface area contributed by atoms with Crippen molar-refractivity contribution in [1.82, 2.24) is 10.6 Å². The molecular formula is C30H28N4O2. The Bertz CT molecular complexity index is 1330. The van der Waals surface area contributed by atoms with Gasteiger partial charge in [0, 0.05) is 24.1 Å². The number of benzodiazepines with no additional fused rings is 1. The van der Waals surface area contributed by atoms with Crippen molar-refractivity contribution in [2.24, 2.45) is 10.9 Å². The lowest BCUT2D eigenvalue weighted by atomic mass is 9.88. The summed E-state index contributed by atoms with van der Waals surface area (Å²) >= 11 is 0. The van der Waals surface area contributed by atoms with Crippen LogP contribution in [0.3, 0.4) is 0 Å². The molecule has 3 amide bonds. The Morgan fingerprint density at radius 2 is 1.64 bits per heavy atom. The molecule has 36 heavy (non-hydrogen) atoms. The molecule has 0 saturated carbocycles. The lowest BCUT2D eigenvalue weighted by molar-refractivity contribution is -0.119. The number of hydrogen-bond donors (Lipinski definition) is 2. The molecule has 5 rings (SSSR count). The number of anilines is 1. The average Bonchev–Trinajstić information content (AvgIpc) is 3.04. The molecular weight excluding hydrogens is 448 g/mol. The van der Waals surface area contributed by atoms with Gasteiger partial charge in [-0.25, -0.2) is 9.79 Å². The van der Waals surface area contributed by atoms with Gasteiger partial charge < -0.3 is 15.5 Å². The summed E-state index contributed by atoms with van der Waals surface area (Å²) in [6.07, 6.45) is 7.95. The molecule has 180 valence electrons. The number of fused-ring (bicyclic) bond motifs is 1. The van der Waals surface area contributed by atoms with Crippen LogP contribution in [0.1, 0.15) is 29.2 Å². The highest BCUT2D eigenvalue weighted by Gasteiger charge is 2.32. The number of carbonyl (C=O) groups excluding carboxylic acids is 2. The van der Waals surface area contributed by atoms with Crippen LogP contribution in [0.15, 0.2) is 114 Å². The van der Waals surface area contributed by atoms with Gasteiger partial charge in [0.2, 0.25) is 6.17 Å². The monoisotopic (exact) mass is 476 g/mol. The van der Waals surface area contributed by atoms with E-state index in [1.165, 1.54) is 0 Å². The van der Waals surface area contributed by atoms with Crippen molar-refractivity contribution in [2.45, 2.75) is 18.6 Å². The maximum atomic E-state index is 13.4. The number of hydrogen-bond acceptors (Lipinski definition) is 3. The van der Waals surface area contributed by atoms with Crippen LogP contribution in [0.4, 0.5) is 10.5 Å². The second kappa shape index (κ2) is 10.4. The van der Waals surface area contributed by atoms with E-state index in [0.29, 0.717) is 5.71 Å². The van der Waals surface area contributed by atoms with Gasteiger partial charge in [0.15, 0.2) is 0 Å². The number of likely N-dealkylation sites (N-methyl/N-ethyl adjacent to an activating group) is 1. The Kier molecular flexibility index (Phi) is 6.76. The number of rotatable bonds is 5. The fourth-order valence-corrected chi connectivity index (χ4v) is 4.69. The molecule has 0 aromatic heterocycles. The standard InChI is InChI=1S/C30H28N4O2/c1-34-25-20-12-11-19-24(25)27(23-17-9-4-10-18-23)31-28(29(34)35)33-30(36)32-26(21-13-5-2-6-14-21)22-15-7-3-8-16-22/h2-15,17-20,22,26,28H,16H2,1H3,(H2,32,33,36). The minimum absolute atomic E-state index is 0.100. The van der Waals surface area contributed by atoms with Crippen molar-refractivity contribution in [3.8, 4) is 0 Å². The quantitative estimate of drug-likeness (QED) is 0.544. The fraction of sp³-hybridized carbons (Fsp3) is 0.167. The Morgan fingerprint density at radius 3 is 2.36 bits per heavy atom. The first-order chi connectivity index (χ1) is 17.6. The zero-order valence-electron chi connectivity index (χ0n) is 20.0. The van der Waals surface area contributed by atoms with Crippen LogP contribution in [0, 0.1) is 5.92 Å². The van der Waals surface area contributed by atoms with Gasteiger partial charge >= 0.3 is 6.03 Å². The highest BCUT2D eigenvalue weighted by molar-refractivity contribution is 6.20. The van der Waals surface area contributed by atoms with Crippen molar-refractivity contribution in [1.29, 1.82) is 0 Å². The van der Waals surface area contributed by atoms with Gasteiger partial charge in [-0.1, -0.05) is 103 Å². The molecule has 6 heteroatoms. The molecule has 3 unspecified atom stereocenters. The molecule has 0 radical (unpaired) electrons. The van der Waals surface area contributed by atoms with E-state index in [2.05, 4.69) is 22.8 Å². The van der Waals surface area contributed by atoms with Gasteiger partial charge in [-0.15, -0.1) is 0 Å². The van der Waals surface area contributed by atoms with E-state index in [1.54, 1.807) is 11.9 Å². The third-order valence-electron chi connectivity index (χ3n) is 6.55. The Hall–Kier alpha value is -4.45. The summed E-state index contributed by atoms with van der Waals surface area (Å²) in [6.45, 7) is 0. The van der Waals surface area contributed by atoms with Crippen molar-refractivity contribution in [3.05, 3.63) is 126 Å². The average molecular weight is 477 g/mol. The summed E-state index contributed by atoms with van der Waals surface area (Å²) in [6, 6.07) is 26.6. The third-order valence-corrected chi connectivity index (χ3v) is 6.55. The number of aliphatic imine (C=N–C) groups is 1. The number of para-hydroxylation sites is 1. The molecule has 0 fully saturated rings. The SMILES string of the molecule is CN1C(=O)C(NC(=O)NC(c2ccccc2)C2C=CC=CC2)N=C(c2ccccc2)c2ccccc21. The third kappa shape index (κ3) is 4.84. The normalized spacial score (nSPS) is 19.6. The van der Waals surface area contributed by atoms with Crippen molar-refractivity contribution in [2.75, 3.05) is 11.9 Å². The number of carbonyl (C=O) groups is 2. The molecule has 2 N–H and O–H groups in total. The maximum absolute atomic E-state index is 13.4. The first kappa shape index (κ1) is 23.3. The lowest BCUT2D eigenvalue weighted by Crippen LogP contribution is -2.50. The first-order valence-electron chi connectivity index (χ1n) is 12.1. The van der Waals surface area contributed by atoms with E-state index >= 15 is 0 Å². The summed E-state index contributed by atoms with van der Waals surface area (Å²) in [7, 11) is 1.71. The molecule has 1 heterocycles. The van der Waals surface area contributed by atoms with Crippen LogP contribution in [0.5, 0.6) is 0 Å². The zero-order chi connectivity index (χ0) is 24.9. The van der Waals surface area contributed by atoms with Gasteiger partial charge in [-0.2, -0.15) is 0 Å². The molecule has 6 nitrogen and oxygen atoms in total. The van der Waals surface area contributed by atoms with E-state index in [-0.39, 0.29) is 17.9 Å². The van der Waals surface area contributed by atoms with Crippen LogP contribution in [-0.2, 0) is 4.79 Å². The van der Waals surface area contributed by atoms with Gasteiger partial charge in [-0.3, -0.25) is 4.79 Å². The number of amides is 3. The van der Waals surface area contributed by atoms with Crippen molar-refractivity contribution >= 4 is 23.3 Å². The molecule has 2 aliphatic rings. The second-order valence-electron chi connectivity index (χ2n) is 8.88. The van der Waals surface area contributed by atoms with Crippen LogP contribution in [-0.4, -0.2) is 30.9 Å². The topological polar surface area (TPSA) is 73.8 Å². The highest BCUT2D eigenvalue weighted by Crippen LogP contribution is 2.29. The van der Waals surface area contributed by atoms with Crippen LogP contribution < -0.4 is 15.5 Å². The number of nitrogens with one attached hydrogen (secondary N) is 2. The Morgan fingerprint density at radius 1 is 0.944 bits per heavy atom. The van der Waals surface area contributed by atoms with Gasteiger partial charge in [-0.05, 0) is 18.1 Å². The molecule has 1 aliphatic heterocycles. The summed E-state index contributed by atoms with van der Waals surface area (Å²) in [4.78, 5) is 33.1. The Balaban J connectivity index is 1.45. The molecule has 1 aliphatic carbocycles. The van der Waals surface area contributed by atoms with E-state index in [0.717, 1.165) is 28.8 Å². The molecule has 3 aromatic rings. The molecule has 0 bridgehead atoms. The van der Waals surface area contributed by atoms with Gasteiger partial charge in [0.05, 0.1) is 17.4 Å².